The van der Waals surface area contributed by atoms with Crippen molar-refractivity contribution in [3.8, 4) is 0 Å². The van der Waals surface area contributed by atoms with E-state index in [1.165, 1.54) is 199 Å². The highest BCUT2D eigenvalue weighted by Crippen LogP contribution is 2.17. The molecule has 0 fully saturated rings. The fourth-order valence-electron chi connectivity index (χ4n) is 8.26. The van der Waals surface area contributed by atoms with E-state index in [1.807, 2.05) is 6.08 Å². The number of rotatable bonds is 50. The number of hydrogen-bond donors (Lipinski definition) is 4. The lowest BCUT2D eigenvalue weighted by molar-refractivity contribution is -0.131. The van der Waals surface area contributed by atoms with E-state index in [1.54, 1.807) is 6.08 Å². The van der Waals surface area contributed by atoms with Crippen molar-refractivity contribution in [1.82, 2.24) is 5.32 Å². The second-order valence-corrected chi connectivity index (χ2v) is 18.8. The maximum absolute atomic E-state index is 12.5. The Hall–Kier alpha value is -1.95. The van der Waals surface area contributed by atoms with Crippen LogP contribution in [0, 0.1) is 0 Å². The summed E-state index contributed by atoms with van der Waals surface area (Å²) in [5, 5.41) is 33.1. The first-order valence-electron chi connectivity index (χ1n) is 27.6. The largest absolute Gasteiger partial charge is 0.394 e. The number of unbranched alkanes of at least 4 members (excludes halogenated alkanes) is 34. The Balaban J connectivity index is 3.49. The van der Waals surface area contributed by atoms with Crippen LogP contribution < -0.4 is 5.32 Å². The van der Waals surface area contributed by atoms with E-state index in [9.17, 15) is 20.1 Å². The third kappa shape index (κ3) is 47.8. The fraction of sp³-hybridized carbons (Fsp3) is 0.810. The molecule has 0 rings (SSSR count). The van der Waals surface area contributed by atoms with Crippen molar-refractivity contribution < 1.29 is 20.1 Å². The van der Waals surface area contributed by atoms with Crippen molar-refractivity contribution in [2.45, 2.75) is 295 Å². The van der Waals surface area contributed by atoms with E-state index < -0.39 is 24.2 Å². The van der Waals surface area contributed by atoms with Crippen LogP contribution in [0.4, 0.5) is 0 Å². The van der Waals surface area contributed by atoms with Gasteiger partial charge >= 0.3 is 0 Å². The van der Waals surface area contributed by atoms with Crippen LogP contribution in [0.15, 0.2) is 60.8 Å². The van der Waals surface area contributed by atoms with Crippen LogP contribution in [-0.4, -0.2) is 46.1 Å². The molecule has 368 valence electrons. The molecule has 3 unspecified atom stereocenters. The minimum absolute atomic E-state index is 0.383. The van der Waals surface area contributed by atoms with Crippen LogP contribution in [0.3, 0.4) is 0 Å². The van der Waals surface area contributed by atoms with Gasteiger partial charge in [-0.2, -0.15) is 0 Å². The molecule has 5 nitrogen and oxygen atoms in total. The summed E-state index contributed by atoms with van der Waals surface area (Å²) in [6.07, 6.45) is 71.8. The molecular weight excluding hydrogens is 775 g/mol. The number of allylic oxidation sites excluding steroid dienone is 9. The summed E-state index contributed by atoms with van der Waals surface area (Å²) < 4.78 is 0. The molecule has 0 aliphatic heterocycles. The van der Waals surface area contributed by atoms with Crippen molar-refractivity contribution in [1.29, 1.82) is 0 Å². The zero-order chi connectivity index (χ0) is 45.8. The number of aliphatic hydroxyl groups is 3. The molecule has 0 bridgehead atoms. The molecule has 0 heterocycles. The lowest BCUT2D eigenvalue weighted by Gasteiger charge is -2.21. The Morgan fingerprint density at radius 1 is 0.397 bits per heavy atom. The Bertz CT molecular complexity index is 1060. The zero-order valence-electron chi connectivity index (χ0n) is 42.0. The third-order valence-electron chi connectivity index (χ3n) is 12.5. The number of amides is 1. The average Bonchev–Trinajstić information content (AvgIpc) is 3.29. The lowest BCUT2D eigenvalue weighted by Crippen LogP contribution is -2.48. The minimum Gasteiger partial charge on any atom is -0.394 e. The normalized spacial score (nSPS) is 13.8. The molecule has 63 heavy (non-hydrogen) atoms. The molecule has 0 aromatic carbocycles. The molecule has 0 aromatic rings. The van der Waals surface area contributed by atoms with Gasteiger partial charge in [0, 0.05) is 0 Å². The van der Waals surface area contributed by atoms with Gasteiger partial charge in [0.05, 0.1) is 18.8 Å². The fourth-order valence-corrected chi connectivity index (χ4v) is 8.26. The number of nitrogens with one attached hydrogen (secondary N) is 1. The summed E-state index contributed by atoms with van der Waals surface area (Å²) in [7, 11) is 0. The zero-order valence-corrected chi connectivity index (χ0v) is 42.0. The van der Waals surface area contributed by atoms with Gasteiger partial charge in [0.1, 0.15) is 6.10 Å². The predicted octanol–water partition coefficient (Wildman–Crippen LogP) is 17.0. The van der Waals surface area contributed by atoms with Crippen LogP contribution in [0.2, 0.25) is 0 Å². The first-order valence-corrected chi connectivity index (χ1v) is 27.6. The molecule has 0 saturated carbocycles. The van der Waals surface area contributed by atoms with E-state index in [4.69, 9.17) is 0 Å². The second kappa shape index (κ2) is 52.7. The SMILES string of the molecule is CCC/C=C/CC/C=C/CC/C=C/C(O)C(CO)NC(=O)C(O)CCCCCCCCCCCCCCCCCC/C=C\C/C=C\CCCCCCCCCCCCCCCCC. The molecule has 5 heteroatoms. The third-order valence-corrected chi connectivity index (χ3v) is 12.5. The maximum Gasteiger partial charge on any atom is 0.249 e. The molecule has 0 radical (unpaired) electrons. The van der Waals surface area contributed by atoms with Gasteiger partial charge in [-0.15, -0.1) is 0 Å². The van der Waals surface area contributed by atoms with Gasteiger partial charge in [-0.05, 0) is 70.6 Å². The van der Waals surface area contributed by atoms with Crippen molar-refractivity contribution in [2.24, 2.45) is 0 Å². The highest BCUT2D eigenvalue weighted by Gasteiger charge is 2.22. The summed E-state index contributed by atoms with van der Waals surface area (Å²) in [5.74, 6) is -0.519. The topological polar surface area (TPSA) is 89.8 Å². The van der Waals surface area contributed by atoms with Crippen molar-refractivity contribution in [3.05, 3.63) is 60.8 Å². The number of carbonyl (C=O) groups excluding carboxylic acids is 1. The molecule has 0 aliphatic carbocycles. The van der Waals surface area contributed by atoms with Gasteiger partial charge in [-0.25, -0.2) is 0 Å². The van der Waals surface area contributed by atoms with Gasteiger partial charge in [0.15, 0.2) is 0 Å². The Kier molecular flexibility index (Phi) is 51.0. The van der Waals surface area contributed by atoms with Crippen molar-refractivity contribution in [2.75, 3.05) is 6.61 Å². The lowest BCUT2D eigenvalue weighted by atomic mass is 10.0. The summed E-state index contributed by atoms with van der Waals surface area (Å²) in [4.78, 5) is 12.5. The molecule has 1 amide bonds. The molecule has 0 aromatic heterocycles. The van der Waals surface area contributed by atoms with E-state index >= 15 is 0 Å². The highest BCUT2D eigenvalue weighted by atomic mass is 16.3. The molecule has 4 N–H and O–H groups in total. The van der Waals surface area contributed by atoms with Gasteiger partial charge < -0.3 is 20.6 Å². The van der Waals surface area contributed by atoms with E-state index in [0.29, 0.717) is 6.42 Å². The first kappa shape index (κ1) is 61.0. The Morgan fingerprint density at radius 3 is 1.11 bits per heavy atom. The van der Waals surface area contributed by atoms with Crippen molar-refractivity contribution in [3.63, 3.8) is 0 Å². The molecular formula is C58H107NO4. The van der Waals surface area contributed by atoms with Crippen LogP contribution in [0.25, 0.3) is 0 Å². The first-order chi connectivity index (χ1) is 31.1. The Morgan fingerprint density at radius 2 is 0.730 bits per heavy atom. The molecule has 0 spiro atoms. The van der Waals surface area contributed by atoms with Gasteiger partial charge in [0.25, 0.3) is 0 Å². The minimum atomic E-state index is -1.11. The van der Waals surface area contributed by atoms with Gasteiger partial charge in [-0.3, -0.25) is 4.79 Å². The average molecular weight is 882 g/mol. The van der Waals surface area contributed by atoms with Gasteiger partial charge in [-0.1, -0.05) is 267 Å². The standard InChI is InChI=1S/C58H107NO4/c1-3-5-7-9-11-13-15-16-17-18-19-20-21-22-23-24-25-26-27-28-29-30-31-32-33-34-35-36-37-38-39-40-41-43-45-47-49-51-53-57(62)58(63)59-55(54-60)56(61)52-50-48-46-44-42-14-12-10-8-6-4-2/h8,10,25-26,28-29,42,44,50,52,55-57,60-62H,3-7,9,11-24,27,30-41,43,45-49,51,53-54H2,1-2H3,(H,59,63)/b10-8+,26-25-,29-28-,44-42+,52-50+. The van der Waals surface area contributed by atoms with Crippen molar-refractivity contribution >= 4 is 5.91 Å². The number of carbonyl (C=O) groups is 1. The highest BCUT2D eigenvalue weighted by molar-refractivity contribution is 5.80. The van der Waals surface area contributed by atoms with E-state index in [2.05, 4.69) is 67.8 Å². The van der Waals surface area contributed by atoms with Crippen LogP contribution >= 0.6 is 0 Å². The number of aliphatic hydroxyl groups excluding tert-OH is 3. The van der Waals surface area contributed by atoms with E-state index in [0.717, 1.165) is 57.8 Å². The quantitative estimate of drug-likeness (QED) is 0.0362. The monoisotopic (exact) mass is 882 g/mol. The molecule has 0 aliphatic rings. The molecule has 3 atom stereocenters. The molecule has 0 saturated heterocycles. The Labute approximate surface area is 392 Å². The summed E-state index contributed by atoms with van der Waals surface area (Å²) >= 11 is 0. The smallest absolute Gasteiger partial charge is 0.249 e. The summed E-state index contributed by atoms with van der Waals surface area (Å²) in [6, 6.07) is -0.821. The second-order valence-electron chi connectivity index (χ2n) is 18.8. The van der Waals surface area contributed by atoms with Crippen LogP contribution in [0.1, 0.15) is 277 Å². The predicted molar refractivity (Wildman–Crippen MR) is 277 cm³/mol. The number of hydrogen-bond acceptors (Lipinski definition) is 4. The summed E-state index contributed by atoms with van der Waals surface area (Å²) in [5.41, 5.74) is 0. The van der Waals surface area contributed by atoms with Crippen LogP contribution in [-0.2, 0) is 4.79 Å². The van der Waals surface area contributed by atoms with E-state index in [-0.39, 0.29) is 6.61 Å². The van der Waals surface area contributed by atoms with Gasteiger partial charge in [0.2, 0.25) is 5.91 Å². The maximum atomic E-state index is 12.5. The van der Waals surface area contributed by atoms with Crippen LogP contribution in [0.5, 0.6) is 0 Å². The summed E-state index contributed by atoms with van der Waals surface area (Å²) in [6.45, 7) is 4.10.